The first-order valence-electron chi connectivity index (χ1n) is 8.16. The molecule has 3 rings (SSSR count). The fraction of sp³-hybridized carbons (Fsp3) is 0.647. The molecule has 1 aliphatic heterocycles. The van der Waals surface area contributed by atoms with Crippen molar-refractivity contribution in [1.29, 1.82) is 0 Å². The summed E-state index contributed by atoms with van der Waals surface area (Å²) in [5.41, 5.74) is 1.22. The van der Waals surface area contributed by atoms with Gasteiger partial charge in [0.2, 0.25) is 0 Å². The smallest absolute Gasteiger partial charge is 0.0453 e. The second-order valence-corrected chi connectivity index (χ2v) is 6.67. The Balaban J connectivity index is 1.48. The van der Waals surface area contributed by atoms with Crippen molar-refractivity contribution >= 4 is 11.6 Å². The SMILES string of the molecule is CNC(CCN1CCN(C2CC2)CC1)c1ccccc1Cl. The lowest BCUT2D eigenvalue weighted by molar-refractivity contribution is 0.123. The summed E-state index contributed by atoms with van der Waals surface area (Å²) in [6.07, 6.45) is 3.96. The molecule has 21 heavy (non-hydrogen) atoms. The fourth-order valence-electron chi connectivity index (χ4n) is 3.32. The van der Waals surface area contributed by atoms with E-state index in [0.717, 1.165) is 24.0 Å². The molecule has 0 spiro atoms. The largest absolute Gasteiger partial charge is 0.313 e. The number of nitrogens with one attached hydrogen (secondary N) is 1. The number of hydrogen-bond acceptors (Lipinski definition) is 3. The number of benzene rings is 1. The van der Waals surface area contributed by atoms with Gasteiger partial charge in [0.05, 0.1) is 0 Å². The van der Waals surface area contributed by atoms with E-state index in [1.807, 2.05) is 19.2 Å². The molecule has 0 aromatic heterocycles. The van der Waals surface area contributed by atoms with E-state index in [9.17, 15) is 0 Å². The molecule has 1 saturated heterocycles. The van der Waals surface area contributed by atoms with E-state index >= 15 is 0 Å². The molecule has 1 atom stereocenters. The number of halogens is 1. The van der Waals surface area contributed by atoms with Gasteiger partial charge in [-0.15, -0.1) is 0 Å². The molecule has 0 radical (unpaired) electrons. The molecule has 3 nitrogen and oxygen atoms in total. The first-order valence-corrected chi connectivity index (χ1v) is 8.54. The molecule has 1 unspecified atom stereocenters. The van der Waals surface area contributed by atoms with Gasteiger partial charge in [-0.3, -0.25) is 4.90 Å². The summed E-state index contributed by atoms with van der Waals surface area (Å²) in [5, 5.41) is 4.28. The Morgan fingerprint density at radius 2 is 1.90 bits per heavy atom. The highest BCUT2D eigenvalue weighted by molar-refractivity contribution is 6.31. The van der Waals surface area contributed by atoms with Crippen molar-refractivity contribution in [3.63, 3.8) is 0 Å². The van der Waals surface area contributed by atoms with E-state index in [2.05, 4.69) is 27.2 Å². The standard InChI is InChI=1S/C17H26ClN3/c1-19-17(15-4-2-3-5-16(15)18)8-9-20-10-12-21(13-11-20)14-6-7-14/h2-5,14,17,19H,6-13H2,1H3. The molecular weight excluding hydrogens is 282 g/mol. The zero-order valence-corrected chi connectivity index (χ0v) is 13.6. The van der Waals surface area contributed by atoms with Gasteiger partial charge in [0.25, 0.3) is 0 Å². The lowest BCUT2D eigenvalue weighted by atomic mass is 10.0. The second kappa shape index (κ2) is 7.10. The summed E-state index contributed by atoms with van der Waals surface area (Å²) >= 11 is 6.32. The Morgan fingerprint density at radius 1 is 1.19 bits per heavy atom. The van der Waals surface area contributed by atoms with Crippen molar-refractivity contribution in [2.45, 2.75) is 31.3 Å². The molecule has 1 aliphatic carbocycles. The predicted octanol–water partition coefficient (Wildman–Crippen LogP) is 2.77. The van der Waals surface area contributed by atoms with Gasteiger partial charge in [-0.25, -0.2) is 0 Å². The quantitative estimate of drug-likeness (QED) is 0.872. The Kier molecular flexibility index (Phi) is 5.17. The second-order valence-electron chi connectivity index (χ2n) is 6.26. The highest BCUT2D eigenvalue weighted by atomic mass is 35.5. The molecule has 2 aliphatic rings. The van der Waals surface area contributed by atoms with Gasteiger partial charge in [0.15, 0.2) is 0 Å². The van der Waals surface area contributed by atoms with E-state index in [1.165, 1.54) is 44.6 Å². The first-order chi connectivity index (χ1) is 10.3. The lowest BCUT2D eigenvalue weighted by Crippen LogP contribution is -2.47. The van der Waals surface area contributed by atoms with Gasteiger partial charge in [-0.1, -0.05) is 29.8 Å². The summed E-state index contributed by atoms with van der Waals surface area (Å²) in [5.74, 6) is 0. The topological polar surface area (TPSA) is 18.5 Å². The van der Waals surface area contributed by atoms with Gasteiger partial charge in [-0.05, 0) is 37.9 Å². The van der Waals surface area contributed by atoms with Crippen LogP contribution in [0.4, 0.5) is 0 Å². The fourth-order valence-corrected chi connectivity index (χ4v) is 3.58. The summed E-state index contributed by atoms with van der Waals surface area (Å²) in [6, 6.07) is 9.44. The third-order valence-corrected chi connectivity index (χ3v) is 5.18. The van der Waals surface area contributed by atoms with Crippen LogP contribution in [0.3, 0.4) is 0 Å². The van der Waals surface area contributed by atoms with Crippen molar-refractivity contribution in [2.24, 2.45) is 0 Å². The maximum Gasteiger partial charge on any atom is 0.0453 e. The maximum atomic E-state index is 6.32. The third-order valence-electron chi connectivity index (χ3n) is 4.83. The van der Waals surface area contributed by atoms with Crippen LogP contribution in [0.15, 0.2) is 24.3 Å². The Bertz CT molecular complexity index is 453. The predicted molar refractivity (Wildman–Crippen MR) is 88.9 cm³/mol. The van der Waals surface area contributed by atoms with E-state index < -0.39 is 0 Å². The summed E-state index contributed by atoms with van der Waals surface area (Å²) in [7, 11) is 2.03. The highest BCUT2D eigenvalue weighted by Gasteiger charge is 2.31. The van der Waals surface area contributed by atoms with Gasteiger partial charge < -0.3 is 10.2 Å². The first kappa shape index (κ1) is 15.3. The van der Waals surface area contributed by atoms with Gasteiger partial charge >= 0.3 is 0 Å². The monoisotopic (exact) mass is 307 g/mol. The van der Waals surface area contributed by atoms with Crippen molar-refractivity contribution < 1.29 is 0 Å². The molecule has 1 aromatic rings. The minimum Gasteiger partial charge on any atom is -0.313 e. The number of piperazine rings is 1. The number of rotatable bonds is 6. The molecular formula is C17H26ClN3. The molecule has 1 N–H and O–H groups in total. The van der Waals surface area contributed by atoms with Gasteiger partial charge in [0, 0.05) is 49.8 Å². The summed E-state index contributed by atoms with van der Waals surface area (Å²) < 4.78 is 0. The highest BCUT2D eigenvalue weighted by Crippen LogP contribution is 2.28. The summed E-state index contributed by atoms with van der Waals surface area (Å²) in [4.78, 5) is 5.26. The number of nitrogens with zero attached hydrogens (tertiary/aromatic N) is 2. The average Bonchev–Trinajstić information content (AvgIpc) is 3.35. The van der Waals surface area contributed by atoms with Crippen molar-refractivity contribution in [1.82, 2.24) is 15.1 Å². The van der Waals surface area contributed by atoms with Crippen LogP contribution in [-0.4, -0.2) is 55.6 Å². The van der Waals surface area contributed by atoms with Crippen LogP contribution in [-0.2, 0) is 0 Å². The van der Waals surface area contributed by atoms with Crippen LogP contribution in [0.25, 0.3) is 0 Å². The molecule has 1 aromatic carbocycles. The maximum absolute atomic E-state index is 6.32. The molecule has 1 saturated carbocycles. The Morgan fingerprint density at radius 3 is 2.52 bits per heavy atom. The van der Waals surface area contributed by atoms with Crippen LogP contribution in [0.5, 0.6) is 0 Å². The van der Waals surface area contributed by atoms with Crippen LogP contribution in [0.2, 0.25) is 5.02 Å². The average molecular weight is 308 g/mol. The Hall–Kier alpha value is -0.610. The normalized spacial score (nSPS) is 22.4. The van der Waals surface area contributed by atoms with Crippen LogP contribution >= 0.6 is 11.6 Å². The van der Waals surface area contributed by atoms with Crippen LogP contribution < -0.4 is 5.32 Å². The third kappa shape index (κ3) is 3.98. The van der Waals surface area contributed by atoms with E-state index in [0.29, 0.717) is 6.04 Å². The Labute approximate surface area is 133 Å². The van der Waals surface area contributed by atoms with Crippen LogP contribution in [0, 0.1) is 0 Å². The van der Waals surface area contributed by atoms with E-state index in [1.54, 1.807) is 0 Å². The molecule has 116 valence electrons. The molecule has 0 amide bonds. The number of hydrogen-bond donors (Lipinski definition) is 1. The minimum atomic E-state index is 0.347. The molecule has 0 bridgehead atoms. The zero-order chi connectivity index (χ0) is 14.7. The van der Waals surface area contributed by atoms with Gasteiger partial charge in [-0.2, -0.15) is 0 Å². The van der Waals surface area contributed by atoms with E-state index in [-0.39, 0.29) is 0 Å². The molecule has 4 heteroatoms. The van der Waals surface area contributed by atoms with Crippen LogP contribution in [0.1, 0.15) is 30.9 Å². The van der Waals surface area contributed by atoms with Crippen molar-refractivity contribution in [3.05, 3.63) is 34.9 Å². The minimum absolute atomic E-state index is 0.347. The molecule has 2 fully saturated rings. The zero-order valence-electron chi connectivity index (χ0n) is 12.9. The molecule has 1 heterocycles. The van der Waals surface area contributed by atoms with Crippen molar-refractivity contribution in [3.8, 4) is 0 Å². The van der Waals surface area contributed by atoms with Crippen molar-refractivity contribution in [2.75, 3.05) is 39.8 Å². The summed E-state index contributed by atoms with van der Waals surface area (Å²) in [6.45, 7) is 6.09. The van der Waals surface area contributed by atoms with Gasteiger partial charge in [0.1, 0.15) is 0 Å². The van der Waals surface area contributed by atoms with E-state index in [4.69, 9.17) is 11.6 Å². The lowest BCUT2D eigenvalue weighted by Gasteiger charge is -2.35.